The summed E-state index contributed by atoms with van der Waals surface area (Å²) in [6, 6.07) is 24.1. The Kier molecular flexibility index (Phi) is 2.67. The maximum atomic E-state index is 2.35. The van der Waals surface area contributed by atoms with Crippen LogP contribution in [0.5, 0.6) is 0 Å². The van der Waals surface area contributed by atoms with E-state index in [2.05, 4.69) is 78.9 Å². The first-order valence-corrected chi connectivity index (χ1v) is 7.15. The van der Waals surface area contributed by atoms with Crippen molar-refractivity contribution < 1.29 is 0 Å². The molecule has 4 rings (SSSR count). The predicted octanol–water partition coefficient (Wildman–Crippen LogP) is 5.08. The van der Waals surface area contributed by atoms with E-state index in [0.29, 0.717) is 5.92 Å². The third-order valence-electron chi connectivity index (χ3n) is 4.21. The highest BCUT2D eigenvalue weighted by Gasteiger charge is 2.18. The number of rotatable bonds is 1. The quantitative estimate of drug-likeness (QED) is 0.532. The van der Waals surface area contributed by atoms with Crippen LogP contribution in [0.4, 0.5) is 0 Å². The molecule has 0 heterocycles. The Morgan fingerprint density at radius 3 is 2.45 bits per heavy atom. The fraction of sp³-hybridized carbons (Fsp3) is 0.100. The van der Waals surface area contributed by atoms with Crippen LogP contribution in [0, 0.1) is 0 Å². The van der Waals surface area contributed by atoms with Crippen LogP contribution >= 0.6 is 0 Å². The number of hydrogen-bond donors (Lipinski definition) is 0. The van der Waals surface area contributed by atoms with Gasteiger partial charge in [-0.3, -0.25) is 0 Å². The maximum Gasteiger partial charge on any atom is 0.0278 e. The molecule has 1 atom stereocenters. The molecule has 1 aliphatic rings. The predicted molar refractivity (Wildman–Crippen MR) is 85.1 cm³/mol. The third kappa shape index (κ3) is 1.77. The van der Waals surface area contributed by atoms with Crippen molar-refractivity contribution in [2.45, 2.75) is 12.3 Å². The second-order valence-electron chi connectivity index (χ2n) is 5.38. The molecule has 1 aliphatic carbocycles. The fourth-order valence-corrected chi connectivity index (χ4v) is 3.25. The molecule has 96 valence electrons. The number of hydrogen-bond acceptors (Lipinski definition) is 0. The lowest BCUT2D eigenvalue weighted by Crippen LogP contribution is -2.06. The van der Waals surface area contributed by atoms with E-state index in [0.717, 1.165) is 6.42 Å². The molecule has 0 amide bonds. The van der Waals surface area contributed by atoms with Crippen molar-refractivity contribution in [1.29, 1.82) is 0 Å². The minimum absolute atomic E-state index is 0.381. The lowest BCUT2D eigenvalue weighted by Gasteiger charge is -2.22. The highest BCUT2D eigenvalue weighted by molar-refractivity contribution is 5.87. The second kappa shape index (κ2) is 4.64. The van der Waals surface area contributed by atoms with Gasteiger partial charge in [-0.05, 0) is 33.9 Å². The summed E-state index contributed by atoms with van der Waals surface area (Å²) in [7, 11) is 0. The van der Waals surface area contributed by atoms with Crippen LogP contribution in [-0.2, 0) is 6.42 Å². The first kappa shape index (κ1) is 11.5. The molecule has 3 aromatic carbocycles. The molecule has 0 saturated heterocycles. The van der Waals surface area contributed by atoms with Gasteiger partial charge in [0.1, 0.15) is 0 Å². The summed E-state index contributed by atoms with van der Waals surface area (Å²) < 4.78 is 0. The zero-order valence-corrected chi connectivity index (χ0v) is 11.3. The summed E-state index contributed by atoms with van der Waals surface area (Å²) >= 11 is 0. The highest BCUT2D eigenvalue weighted by Crippen LogP contribution is 2.35. The largest absolute Gasteiger partial charge is 0.0832 e. The minimum atomic E-state index is 0.381. The standard InChI is InChI=1S/C20H16/c1-3-11-17-15(7-1)9-5-13-19(17)20-14-6-10-16-8-2-4-12-18(16)20/h1-9,11-14,20H,10H2. The molecule has 0 N–H and O–H groups in total. The summed E-state index contributed by atoms with van der Waals surface area (Å²) in [5.41, 5.74) is 4.31. The minimum Gasteiger partial charge on any atom is -0.0832 e. The number of fused-ring (bicyclic) bond motifs is 2. The van der Waals surface area contributed by atoms with Gasteiger partial charge in [-0.15, -0.1) is 0 Å². The van der Waals surface area contributed by atoms with E-state index in [1.807, 2.05) is 0 Å². The molecule has 0 radical (unpaired) electrons. The van der Waals surface area contributed by atoms with Crippen molar-refractivity contribution in [2.24, 2.45) is 0 Å². The molecule has 0 bridgehead atoms. The first-order valence-electron chi connectivity index (χ1n) is 7.15. The van der Waals surface area contributed by atoms with Crippen molar-refractivity contribution in [3.05, 3.63) is 95.6 Å². The van der Waals surface area contributed by atoms with Gasteiger partial charge in [0.25, 0.3) is 0 Å². The molecule has 1 unspecified atom stereocenters. The van der Waals surface area contributed by atoms with Crippen molar-refractivity contribution in [3.63, 3.8) is 0 Å². The topological polar surface area (TPSA) is 0 Å². The molecular formula is C20H16. The Hall–Kier alpha value is -2.34. The van der Waals surface area contributed by atoms with Crippen molar-refractivity contribution >= 4 is 10.8 Å². The van der Waals surface area contributed by atoms with Crippen LogP contribution in [0.25, 0.3) is 10.8 Å². The Morgan fingerprint density at radius 2 is 1.45 bits per heavy atom. The summed E-state index contributed by atoms with van der Waals surface area (Å²) in [5, 5.41) is 2.68. The molecule has 0 spiro atoms. The SMILES string of the molecule is C1=CC(c2cccc3ccccc23)c2ccccc2C1. The summed E-state index contributed by atoms with van der Waals surface area (Å²) in [5.74, 6) is 0.381. The Labute approximate surface area is 119 Å². The van der Waals surface area contributed by atoms with Gasteiger partial charge in [0.2, 0.25) is 0 Å². The van der Waals surface area contributed by atoms with Gasteiger partial charge in [-0.1, -0.05) is 78.9 Å². The van der Waals surface area contributed by atoms with Crippen molar-refractivity contribution in [3.8, 4) is 0 Å². The summed E-state index contributed by atoms with van der Waals surface area (Å²) in [4.78, 5) is 0. The van der Waals surface area contributed by atoms with E-state index < -0.39 is 0 Å². The van der Waals surface area contributed by atoms with E-state index in [9.17, 15) is 0 Å². The van der Waals surface area contributed by atoms with E-state index in [4.69, 9.17) is 0 Å². The zero-order valence-electron chi connectivity index (χ0n) is 11.3. The van der Waals surface area contributed by atoms with Crippen LogP contribution in [0.2, 0.25) is 0 Å². The average Bonchev–Trinajstić information content (AvgIpc) is 2.54. The molecule has 0 fully saturated rings. The Morgan fingerprint density at radius 1 is 0.700 bits per heavy atom. The fourth-order valence-electron chi connectivity index (χ4n) is 3.25. The zero-order chi connectivity index (χ0) is 13.4. The monoisotopic (exact) mass is 256 g/mol. The van der Waals surface area contributed by atoms with E-state index in [-0.39, 0.29) is 0 Å². The molecule has 0 aliphatic heterocycles. The third-order valence-corrected chi connectivity index (χ3v) is 4.21. The van der Waals surface area contributed by atoms with Crippen LogP contribution in [0.3, 0.4) is 0 Å². The Bertz CT molecular complexity index is 791. The summed E-state index contributed by atoms with van der Waals surface area (Å²) in [6.07, 6.45) is 5.70. The second-order valence-corrected chi connectivity index (χ2v) is 5.38. The molecular weight excluding hydrogens is 240 g/mol. The molecule has 20 heavy (non-hydrogen) atoms. The smallest absolute Gasteiger partial charge is 0.0278 e. The lowest BCUT2D eigenvalue weighted by molar-refractivity contribution is 0.962. The van der Waals surface area contributed by atoms with E-state index in [1.165, 1.54) is 27.5 Å². The van der Waals surface area contributed by atoms with Gasteiger partial charge in [-0.2, -0.15) is 0 Å². The molecule has 0 heteroatoms. The van der Waals surface area contributed by atoms with Crippen LogP contribution < -0.4 is 0 Å². The van der Waals surface area contributed by atoms with Crippen molar-refractivity contribution in [2.75, 3.05) is 0 Å². The van der Waals surface area contributed by atoms with Gasteiger partial charge in [-0.25, -0.2) is 0 Å². The lowest BCUT2D eigenvalue weighted by atomic mass is 9.81. The van der Waals surface area contributed by atoms with Crippen molar-refractivity contribution in [1.82, 2.24) is 0 Å². The van der Waals surface area contributed by atoms with Gasteiger partial charge >= 0.3 is 0 Å². The normalized spacial score (nSPS) is 17.1. The summed E-state index contributed by atoms with van der Waals surface area (Å²) in [6.45, 7) is 0. The van der Waals surface area contributed by atoms with Gasteiger partial charge in [0.15, 0.2) is 0 Å². The molecule has 0 aromatic heterocycles. The maximum absolute atomic E-state index is 2.35. The van der Waals surface area contributed by atoms with E-state index in [1.54, 1.807) is 0 Å². The molecule has 0 saturated carbocycles. The first-order chi connectivity index (χ1) is 9.93. The Balaban J connectivity index is 1.96. The van der Waals surface area contributed by atoms with Gasteiger partial charge in [0, 0.05) is 5.92 Å². The number of benzene rings is 3. The van der Waals surface area contributed by atoms with Crippen LogP contribution in [0.1, 0.15) is 22.6 Å². The molecule has 3 aromatic rings. The van der Waals surface area contributed by atoms with Gasteiger partial charge < -0.3 is 0 Å². The average molecular weight is 256 g/mol. The molecule has 0 nitrogen and oxygen atoms in total. The number of allylic oxidation sites excluding steroid dienone is 2. The van der Waals surface area contributed by atoms with Crippen LogP contribution in [-0.4, -0.2) is 0 Å². The van der Waals surface area contributed by atoms with E-state index >= 15 is 0 Å². The van der Waals surface area contributed by atoms with Gasteiger partial charge in [0.05, 0.1) is 0 Å². The highest BCUT2D eigenvalue weighted by atomic mass is 14.2. The van der Waals surface area contributed by atoms with Crippen LogP contribution in [0.15, 0.2) is 78.9 Å².